The minimum Gasteiger partial charge on any atom is -0.394 e. The van der Waals surface area contributed by atoms with Crippen LogP contribution in [0.3, 0.4) is 0 Å². The van der Waals surface area contributed by atoms with Crippen molar-refractivity contribution in [3.05, 3.63) is 29.3 Å². The number of hydrogen-bond acceptors (Lipinski definition) is 3. The summed E-state index contributed by atoms with van der Waals surface area (Å²) in [6.45, 7) is 2.86. The van der Waals surface area contributed by atoms with Crippen molar-refractivity contribution >= 4 is 11.6 Å². The number of carbonyl (C=O) groups is 1. The molecule has 2 N–H and O–H groups in total. The monoisotopic (exact) mass is 284 g/mol. The number of nitrogen functional groups attached to an aromatic ring is 1. The molecule has 20 heavy (non-hydrogen) atoms. The van der Waals surface area contributed by atoms with Gasteiger partial charge in [0, 0.05) is 25.8 Å². The molecule has 1 aromatic carbocycles. The SMILES string of the molecule is COC1(C)CCCN(C(=O)c2cc(F)c(N)c(F)c2)C1. The van der Waals surface area contributed by atoms with Crippen LogP contribution in [0.1, 0.15) is 30.1 Å². The van der Waals surface area contributed by atoms with Gasteiger partial charge in [0.25, 0.3) is 5.91 Å². The van der Waals surface area contributed by atoms with Crippen molar-refractivity contribution in [2.45, 2.75) is 25.4 Å². The number of amides is 1. The van der Waals surface area contributed by atoms with Gasteiger partial charge in [-0.25, -0.2) is 8.78 Å². The molecule has 1 aliphatic rings. The second-order valence-electron chi connectivity index (χ2n) is 5.34. The molecule has 4 nitrogen and oxygen atoms in total. The Morgan fingerprint density at radius 3 is 2.55 bits per heavy atom. The number of methoxy groups -OCH3 is 1. The van der Waals surface area contributed by atoms with Crippen molar-refractivity contribution in [3.63, 3.8) is 0 Å². The zero-order valence-electron chi connectivity index (χ0n) is 11.6. The Labute approximate surface area is 116 Å². The number of ether oxygens (including phenoxy) is 1. The van der Waals surface area contributed by atoms with Crippen LogP contribution in [-0.2, 0) is 4.74 Å². The van der Waals surface area contributed by atoms with Gasteiger partial charge in [0.1, 0.15) is 17.3 Å². The average molecular weight is 284 g/mol. The van der Waals surface area contributed by atoms with Crippen LogP contribution < -0.4 is 5.73 Å². The van der Waals surface area contributed by atoms with Crippen molar-refractivity contribution in [2.24, 2.45) is 0 Å². The van der Waals surface area contributed by atoms with Crippen LogP contribution in [0.2, 0.25) is 0 Å². The van der Waals surface area contributed by atoms with Crippen LogP contribution in [-0.4, -0.2) is 36.6 Å². The van der Waals surface area contributed by atoms with E-state index in [1.165, 1.54) is 0 Å². The number of likely N-dealkylation sites (tertiary alicyclic amines) is 1. The lowest BCUT2D eigenvalue weighted by Gasteiger charge is -2.39. The largest absolute Gasteiger partial charge is 0.394 e. The van der Waals surface area contributed by atoms with Gasteiger partial charge in [-0.2, -0.15) is 0 Å². The van der Waals surface area contributed by atoms with E-state index in [1.807, 2.05) is 6.92 Å². The number of nitrogens with zero attached hydrogens (tertiary/aromatic N) is 1. The maximum absolute atomic E-state index is 13.4. The Morgan fingerprint density at radius 2 is 2.00 bits per heavy atom. The topological polar surface area (TPSA) is 55.6 Å². The summed E-state index contributed by atoms with van der Waals surface area (Å²) in [7, 11) is 1.59. The molecule has 1 aromatic rings. The molecule has 1 unspecified atom stereocenters. The van der Waals surface area contributed by atoms with Crippen molar-refractivity contribution in [1.82, 2.24) is 4.90 Å². The highest BCUT2D eigenvalue weighted by Crippen LogP contribution is 2.26. The molecular formula is C14H18F2N2O2. The van der Waals surface area contributed by atoms with Gasteiger partial charge in [-0.1, -0.05) is 0 Å². The third-order valence-electron chi connectivity index (χ3n) is 3.76. The smallest absolute Gasteiger partial charge is 0.254 e. The van der Waals surface area contributed by atoms with E-state index in [0.29, 0.717) is 13.1 Å². The number of benzene rings is 1. The summed E-state index contributed by atoms with van der Waals surface area (Å²) in [5.41, 5.74) is 4.18. The molecule has 1 atom stereocenters. The van der Waals surface area contributed by atoms with Crippen LogP contribution in [0.15, 0.2) is 12.1 Å². The fourth-order valence-electron chi connectivity index (χ4n) is 2.44. The molecule has 0 aromatic heterocycles. The van der Waals surface area contributed by atoms with Crippen molar-refractivity contribution in [1.29, 1.82) is 0 Å². The zero-order chi connectivity index (χ0) is 14.9. The molecular weight excluding hydrogens is 266 g/mol. The normalized spacial score (nSPS) is 22.9. The minimum atomic E-state index is -0.917. The number of hydrogen-bond donors (Lipinski definition) is 1. The first-order valence-electron chi connectivity index (χ1n) is 6.45. The van der Waals surface area contributed by atoms with Gasteiger partial charge in [-0.15, -0.1) is 0 Å². The van der Waals surface area contributed by atoms with E-state index in [1.54, 1.807) is 12.0 Å². The van der Waals surface area contributed by atoms with E-state index in [-0.39, 0.29) is 5.56 Å². The van der Waals surface area contributed by atoms with E-state index in [4.69, 9.17) is 10.5 Å². The third-order valence-corrected chi connectivity index (χ3v) is 3.76. The number of rotatable bonds is 2. The molecule has 0 saturated carbocycles. The first-order chi connectivity index (χ1) is 9.36. The van der Waals surface area contributed by atoms with Gasteiger partial charge >= 0.3 is 0 Å². The third kappa shape index (κ3) is 2.75. The van der Waals surface area contributed by atoms with Crippen molar-refractivity contribution in [3.8, 4) is 0 Å². The Bertz CT molecular complexity index is 513. The molecule has 1 fully saturated rings. The number of halogens is 2. The summed E-state index contributed by atoms with van der Waals surface area (Å²) in [6, 6.07) is 1.94. The molecule has 0 bridgehead atoms. The standard InChI is InChI=1S/C14H18F2N2O2/c1-14(20-2)4-3-5-18(8-14)13(19)9-6-10(15)12(17)11(16)7-9/h6-7H,3-5,8,17H2,1-2H3. The predicted octanol–water partition coefficient (Wildman–Crippen LogP) is 2.19. The quantitative estimate of drug-likeness (QED) is 0.847. The summed E-state index contributed by atoms with van der Waals surface area (Å²) in [5, 5.41) is 0. The van der Waals surface area contributed by atoms with E-state index in [2.05, 4.69) is 0 Å². The first-order valence-corrected chi connectivity index (χ1v) is 6.45. The van der Waals surface area contributed by atoms with Gasteiger partial charge < -0.3 is 15.4 Å². The highest BCUT2D eigenvalue weighted by atomic mass is 19.1. The Kier molecular flexibility index (Phi) is 3.94. The fourth-order valence-corrected chi connectivity index (χ4v) is 2.44. The molecule has 2 rings (SSSR count). The minimum absolute atomic E-state index is 0.0328. The average Bonchev–Trinajstić information content (AvgIpc) is 2.43. The summed E-state index contributed by atoms with van der Waals surface area (Å²) >= 11 is 0. The molecule has 110 valence electrons. The van der Waals surface area contributed by atoms with Crippen LogP contribution in [0.5, 0.6) is 0 Å². The predicted molar refractivity (Wildman–Crippen MR) is 71.3 cm³/mol. The maximum atomic E-state index is 13.4. The molecule has 1 saturated heterocycles. The number of carbonyl (C=O) groups excluding carboxylic acids is 1. The van der Waals surface area contributed by atoms with E-state index in [9.17, 15) is 13.6 Å². The highest BCUT2D eigenvalue weighted by molar-refractivity contribution is 5.94. The molecule has 0 radical (unpaired) electrons. The second kappa shape index (κ2) is 5.36. The zero-order valence-corrected chi connectivity index (χ0v) is 11.6. The number of nitrogens with two attached hydrogens (primary N) is 1. The summed E-state index contributed by atoms with van der Waals surface area (Å²) < 4.78 is 32.3. The summed E-state index contributed by atoms with van der Waals surface area (Å²) in [6.07, 6.45) is 1.63. The highest BCUT2D eigenvalue weighted by Gasteiger charge is 2.33. The van der Waals surface area contributed by atoms with Crippen LogP contribution in [0.4, 0.5) is 14.5 Å². The molecule has 0 aliphatic carbocycles. The van der Waals surface area contributed by atoms with E-state index < -0.39 is 28.8 Å². The van der Waals surface area contributed by atoms with Gasteiger partial charge in [-0.3, -0.25) is 4.79 Å². The molecule has 0 spiro atoms. The first kappa shape index (κ1) is 14.7. The molecule has 6 heteroatoms. The van der Waals surface area contributed by atoms with Gasteiger partial charge in [0.15, 0.2) is 0 Å². The lowest BCUT2D eigenvalue weighted by Crippen LogP contribution is -2.49. The summed E-state index contributed by atoms with van der Waals surface area (Å²) in [4.78, 5) is 13.9. The van der Waals surface area contributed by atoms with Gasteiger partial charge in [0.05, 0.1) is 5.60 Å². The molecule has 1 heterocycles. The number of anilines is 1. The van der Waals surface area contributed by atoms with Crippen LogP contribution in [0.25, 0.3) is 0 Å². The van der Waals surface area contributed by atoms with Crippen molar-refractivity contribution < 1.29 is 18.3 Å². The Balaban J connectivity index is 2.23. The van der Waals surface area contributed by atoms with E-state index >= 15 is 0 Å². The van der Waals surface area contributed by atoms with E-state index in [0.717, 1.165) is 25.0 Å². The fraction of sp³-hybridized carbons (Fsp3) is 0.500. The Morgan fingerprint density at radius 1 is 1.40 bits per heavy atom. The number of piperidine rings is 1. The molecule has 1 amide bonds. The van der Waals surface area contributed by atoms with Gasteiger partial charge in [0.2, 0.25) is 0 Å². The van der Waals surface area contributed by atoms with Crippen molar-refractivity contribution in [2.75, 3.05) is 25.9 Å². The second-order valence-corrected chi connectivity index (χ2v) is 5.34. The summed E-state index contributed by atoms with van der Waals surface area (Å²) in [5.74, 6) is -2.24. The van der Waals surface area contributed by atoms with Crippen LogP contribution >= 0.6 is 0 Å². The lowest BCUT2D eigenvalue weighted by atomic mass is 9.94. The van der Waals surface area contributed by atoms with Gasteiger partial charge in [-0.05, 0) is 31.9 Å². The lowest BCUT2D eigenvalue weighted by molar-refractivity contribution is -0.0440. The Hall–Kier alpha value is -1.69. The maximum Gasteiger partial charge on any atom is 0.254 e. The molecule has 1 aliphatic heterocycles. The van der Waals surface area contributed by atoms with Crippen LogP contribution in [0, 0.1) is 11.6 Å².